The molecule has 0 aliphatic heterocycles. The van der Waals surface area contributed by atoms with Gasteiger partial charge >= 0.3 is 6.03 Å². The lowest BCUT2D eigenvalue weighted by Gasteiger charge is -2.23. The first-order chi connectivity index (χ1) is 5.13. The minimum atomic E-state index is -0.179. The fourth-order valence-electron chi connectivity index (χ4n) is 0.700. The number of nitrogens with two attached hydrogens (primary N) is 1. The molecular formula is C7H17N3O. The number of hydrogen-bond acceptors (Lipinski definition) is 2. The number of carbonyl (C=O) groups is 1. The minimum Gasteiger partial charge on any atom is -0.338 e. The lowest BCUT2D eigenvalue weighted by Crippen LogP contribution is -2.47. The Morgan fingerprint density at radius 1 is 1.64 bits per heavy atom. The Balaban J connectivity index is 3.80. The largest absolute Gasteiger partial charge is 0.338 e. The molecule has 0 aliphatic carbocycles. The van der Waals surface area contributed by atoms with Crippen molar-refractivity contribution in [3.63, 3.8) is 0 Å². The highest BCUT2D eigenvalue weighted by atomic mass is 16.2. The summed E-state index contributed by atoms with van der Waals surface area (Å²) < 4.78 is 0. The molecule has 0 saturated carbocycles. The molecule has 1 atom stereocenters. The van der Waals surface area contributed by atoms with Gasteiger partial charge in [-0.15, -0.1) is 0 Å². The van der Waals surface area contributed by atoms with Gasteiger partial charge in [0, 0.05) is 13.6 Å². The van der Waals surface area contributed by atoms with E-state index < -0.39 is 0 Å². The third kappa shape index (κ3) is 3.23. The summed E-state index contributed by atoms with van der Waals surface area (Å²) in [5.74, 6) is 0. The quantitative estimate of drug-likeness (QED) is 0.583. The van der Waals surface area contributed by atoms with Crippen LogP contribution in [0.25, 0.3) is 0 Å². The third-order valence-corrected chi connectivity index (χ3v) is 1.56. The first-order valence-electron chi connectivity index (χ1n) is 3.89. The molecule has 0 fully saturated rings. The molecule has 4 nitrogen and oxygen atoms in total. The molecule has 0 saturated heterocycles. The van der Waals surface area contributed by atoms with E-state index in [0.29, 0.717) is 6.54 Å². The Morgan fingerprint density at radius 2 is 2.18 bits per heavy atom. The van der Waals surface area contributed by atoms with E-state index in [9.17, 15) is 4.79 Å². The van der Waals surface area contributed by atoms with Crippen LogP contribution in [0.5, 0.6) is 0 Å². The fourth-order valence-corrected chi connectivity index (χ4v) is 0.700. The number of nitrogens with one attached hydrogen (secondary N) is 1. The van der Waals surface area contributed by atoms with Crippen LogP contribution in [-0.4, -0.2) is 30.7 Å². The highest BCUT2D eigenvalue weighted by Gasteiger charge is 2.12. The fraction of sp³-hybridized carbons (Fsp3) is 0.857. The highest BCUT2D eigenvalue weighted by Crippen LogP contribution is 1.93. The SMILES string of the molecule is CCNC(=O)N(C)C(N)CC. The molecule has 3 N–H and O–H groups in total. The van der Waals surface area contributed by atoms with Gasteiger partial charge in [0.2, 0.25) is 0 Å². The Kier molecular flexibility index (Phi) is 4.61. The van der Waals surface area contributed by atoms with Crippen molar-refractivity contribution >= 4 is 6.03 Å². The van der Waals surface area contributed by atoms with Crippen molar-refractivity contribution < 1.29 is 4.79 Å². The minimum absolute atomic E-state index is 0.109. The van der Waals surface area contributed by atoms with Gasteiger partial charge in [-0.2, -0.15) is 0 Å². The molecule has 66 valence electrons. The first kappa shape index (κ1) is 10.2. The third-order valence-electron chi connectivity index (χ3n) is 1.56. The summed E-state index contributed by atoms with van der Waals surface area (Å²) >= 11 is 0. The molecule has 0 aromatic heterocycles. The van der Waals surface area contributed by atoms with Crippen molar-refractivity contribution in [1.82, 2.24) is 10.2 Å². The molecule has 0 aliphatic rings. The molecule has 1 unspecified atom stereocenters. The van der Waals surface area contributed by atoms with E-state index in [1.807, 2.05) is 13.8 Å². The zero-order chi connectivity index (χ0) is 8.85. The van der Waals surface area contributed by atoms with Gasteiger partial charge in [-0.3, -0.25) is 0 Å². The van der Waals surface area contributed by atoms with Crippen molar-refractivity contribution in [3.05, 3.63) is 0 Å². The number of rotatable bonds is 3. The van der Waals surface area contributed by atoms with E-state index in [4.69, 9.17) is 5.73 Å². The maximum atomic E-state index is 11.1. The number of nitrogens with zero attached hydrogens (tertiary/aromatic N) is 1. The van der Waals surface area contributed by atoms with Crippen molar-refractivity contribution in [2.24, 2.45) is 5.73 Å². The second-order valence-corrected chi connectivity index (χ2v) is 2.42. The summed E-state index contributed by atoms with van der Waals surface area (Å²) in [7, 11) is 1.69. The number of amides is 2. The molecule has 0 bridgehead atoms. The standard InChI is InChI=1S/C7H17N3O/c1-4-6(8)10(3)7(11)9-5-2/h6H,4-5,8H2,1-3H3,(H,9,11). The zero-order valence-corrected chi connectivity index (χ0v) is 7.42. The Morgan fingerprint density at radius 3 is 2.55 bits per heavy atom. The van der Waals surface area contributed by atoms with Crippen LogP contribution in [0.4, 0.5) is 4.79 Å². The van der Waals surface area contributed by atoms with E-state index in [0.717, 1.165) is 6.42 Å². The van der Waals surface area contributed by atoms with Crippen LogP contribution in [0.2, 0.25) is 0 Å². The summed E-state index contributed by atoms with van der Waals surface area (Å²) in [6.07, 6.45) is 0.592. The predicted octanol–water partition coefficient (Wildman–Crippen LogP) is 0.342. The molecule has 0 rings (SSSR count). The van der Waals surface area contributed by atoms with Crippen molar-refractivity contribution in [2.75, 3.05) is 13.6 Å². The van der Waals surface area contributed by atoms with E-state index >= 15 is 0 Å². The Bertz CT molecular complexity index is 127. The Labute approximate surface area is 67.7 Å². The lowest BCUT2D eigenvalue weighted by atomic mass is 10.3. The zero-order valence-electron chi connectivity index (χ0n) is 7.42. The van der Waals surface area contributed by atoms with Gasteiger partial charge in [0.25, 0.3) is 0 Å². The van der Waals surface area contributed by atoms with Gasteiger partial charge in [0.05, 0.1) is 6.17 Å². The summed E-state index contributed by atoms with van der Waals surface area (Å²) in [6, 6.07) is -0.109. The number of hydrogen-bond donors (Lipinski definition) is 2. The second-order valence-electron chi connectivity index (χ2n) is 2.42. The molecule has 0 radical (unpaired) electrons. The van der Waals surface area contributed by atoms with E-state index in [1.165, 1.54) is 4.90 Å². The highest BCUT2D eigenvalue weighted by molar-refractivity contribution is 5.73. The first-order valence-corrected chi connectivity index (χ1v) is 3.89. The number of urea groups is 1. The van der Waals surface area contributed by atoms with Gasteiger partial charge in [-0.25, -0.2) is 4.79 Å². The average Bonchev–Trinajstić information content (AvgIpc) is 2.02. The Hall–Kier alpha value is -0.770. The van der Waals surface area contributed by atoms with Gasteiger partial charge in [0.15, 0.2) is 0 Å². The van der Waals surface area contributed by atoms with E-state index in [1.54, 1.807) is 7.05 Å². The van der Waals surface area contributed by atoms with Crippen molar-refractivity contribution in [1.29, 1.82) is 0 Å². The summed E-state index contributed by atoms with van der Waals surface area (Å²) in [6.45, 7) is 4.46. The van der Waals surface area contributed by atoms with Crippen LogP contribution in [0, 0.1) is 0 Å². The van der Waals surface area contributed by atoms with E-state index in [2.05, 4.69) is 5.32 Å². The van der Waals surface area contributed by atoms with Crippen LogP contribution in [0.1, 0.15) is 20.3 Å². The molecule has 11 heavy (non-hydrogen) atoms. The molecule has 0 heterocycles. The lowest BCUT2D eigenvalue weighted by molar-refractivity contribution is 0.190. The normalized spacial score (nSPS) is 12.4. The summed E-state index contributed by atoms with van der Waals surface area (Å²) in [5, 5.41) is 2.67. The smallest absolute Gasteiger partial charge is 0.318 e. The van der Waals surface area contributed by atoms with Gasteiger partial charge in [0.1, 0.15) is 0 Å². The van der Waals surface area contributed by atoms with Crippen LogP contribution in [0.3, 0.4) is 0 Å². The monoisotopic (exact) mass is 159 g/mol. The molecule has 4 heteroatoms. The maximum Gasteiger partial charge on any atom is 0.318 e. The average molecular weight is 159 g/mol. The summed E-state index contributed by atoms with van der Waals surface area (Å²) in [4.78, 5) is 12.6. The number of carbonyl (C=O) groups excluding carboxylic acids is 1. The molecule has 0 aromatic carbocycles. The van der Waals surface area contributed by atoms with Crippen molar-refractivity contribution in [3.8, 4) is 0 Å². The van der Waals surface area contributed by atoms with Gasteiger partial charge < -0.3 is 16.0 Å². The van der Waals surface area contributed by atoms with Crippen LogP contribution in [0.15, 0.2) is 0 Å². The van der Waals surface area contributed by atoms with Gasteiger partial charge in [-0.05, 0) is 13.3 Å². The predicted molar refractivity (Wildman–Crippen MR) is 45.1 cm³/mol. The second kappa shape index (κ2) is 4.96. The van der Waals surface area contributed by atoms with Gasteiger partial charge in [-0.1, -0.05) is 6.92 Å². The molecule has 0 aromatic rings. The van der Waals surface area contributed by atoms with Crippen LogP contribution >= 0.6 is 0 Å². The molecular weight excluding hydrogens is 142 g/mol. The summed E-state index contributed by atoms with van der Waals surface area (Å²) in [5.41, 5.74) is 5.61. The molecule has 0 spiro atoms. The van der Waals surface area contributed by atoms with Crippen LogP contribution in [-0.2, 0) is 0 Å². The van der Waals surface area contributed by atoms with E-state index in [-0.39, 0.29) is 12.2 Å². The maximum absolute atomic E-state index is 11.1. The topological polar surface area (TPSA) is 58.4 Å². The molecule has 2 amide bonds. The van der Waals surface area contributed by atoms with Crippen molar-refractivity contribution in [2.45, 2.75) is 26.4 Å². The van der Waals surface area contributed by atoms with Crippen LogP contribution < -0.4 is 11.1 Å².